The molecule has 0 unspecified atom stereocenters. The molecular formula is C52H34N2O. The van der Waals surface area contributed by atoms with E-state index in [4.69, 9.17) is 4.42 Å². The quantitative estimate of drug-likeness (QED) is 0.172. The number of hydrogen-bond donors (Lipinski definition) is 0. The molecule has 0 N–H and O–H groups in total. The van der Waals surface area contributed by atoms with Crippen LogP contribution in [0.2, 0.25) is 0 Å². The molecule has 0 aliphatic heterocycles. The molecule has 11 rings (SSSR count). The van der Waals surface area contributed by atoms with Gasteiger partial charge in [-0.3, -0.25) is 0 Å². The van der Waals surface area contributed by atoms with E-state index in [-0.39, 0.29) is 0 Å². The Bertz CT molecular complexity index is 3150. The Morgan fingerprint density at radius 1 is 0.364 bits per heavy atom. The summed E-state index contributed by atoms with van der Waals surface area (Å²) in [5, 5.41) is 7.24. The van der Waals surface area contributed by atoms with Crippen LogP contribution in [0.1, 0.15) is 0 Å². The first-order chi connectivity index (χ1) is 27.3. The zero-order valence-electron chi connectivity index (χ0n) is 29.9. The Morgan fingerprint density at radius 3 is 1.69 bits per heavy atom. The summed E-state index contributed by atoms with van der Waals surface area (Å²) in [4.78, 5) is 2.37. The molecule has 0 fully saturated rings. The van der Waals surface area contributed by atoms with E-state index in [1.807, 2.05) is 12.1 Å². The van der Waals surface area contributed by atoms with Gasteiger partial charge in [0.1, 0.15) is 11.2 Å². The fourth-order valence-electron chi connectivity index (χ4n) is 8.40. The van der Waals surface area contributed by atoms with Gasteiger partial charge >= 0.3 is 0 Å². The van der Waals surface area contributed by atoms with Gasteiger partial charge in [0, 0.05) is 44.3 Å². The number of para-hydroxylation sites is 3. The molecule has 3 nitrogen and oxygen atoms in total. The first kappa shape index (κ1) is 31.2. The van der Waals surface area contributed by atoms with Crippen molar-refractivity contribution in [3.8, 4) is 27.9 Å². The second-order valence-electron chi connectivity index (χ2n) is 14.2. The van der Waals surface area contributed by atoms with Crippen LogP contribution in [0.3, 0.4) is 0 Å². The maximum atomic E-state index is 6.18. The van der Waals surface area contributed by atoms with Crippen molar-refractivity contribution in [2.45, 2.75) is 0 Å². The highest BCUT2D eigenvalue weighted by Gasteiger charge is 2.17. The van der Waals surface area contributed by atoms with Crippen LogP contribution in [0.5, 0.6) is 0 Å². The Balaban J connectivity index is 0.993. The monoisotopic (exact) mass is 702 g/mol. The summed E-state index contributed by atoms with van der Waals surface area (Å²) in [6.45, 7) is 0. The lowest BCUT2D eigenvalue weighted by Gasteiger charge is -2.27. The van der Waals surface area contributed by atoms with Crippen molar-refractivity contribution in [2.75, 3.05) is 4.90 Å². The third kappa shape index (κ3) is 5.20. The molecule has 0 aliphatic rings. The molecule has 0 aliphatic carbocycles. The second-order valence-corrected chi connectivity index (χ2v) is 14.2. The van der Waals surface area contributed by atoms with Crippen LogP contribution < -0.4 is 4.90 Å². The van der Waals surface area contributed by atoms with Gasteiger partial charge in [0.15, 0.2) is 0 Å². The maximum Gasteiger partial charge on any atom is 0.136 e. The SMILES string of the molecule is c1cc(N(c2ccc(-c3ccc(-c4cccc5oc6ccccc6c45)cc3)cc2)c2ccc3ccccc3c2)cc(-n2c3ccccc3c3ccccc32)c1. The molecule has 0 radical (unpaired) electrons. The van der Waals surface area contributed by atoms with E-state index in [2.05, 4.69) is 204 Å². The molecule has 0 saturated heterocycles. The van der Waals surface area contributed by atoms with Crippen LogP contribution in [-0.4, -0.2) is 4.57 Å². The Kier molecular flexibility index (Phi) is 7.17. The minimum absolute atomic E-state index is 0.912. The number of nitrogens with zero attached hydrogens (tertiary/aromatic N) is 2. The van der Waals surface area contributed by atoms with Crippen LogP contribution in [0, 0.1) is 0 Å². The molecule has 11 aromatic rings. The van der Waals surface area contributed by atoms with Gasteiger partial charge in [-0.1, -0.05) is 140 Å². The van der Waals surface area contributed by atoms with Crippen molar-refractivity contribution >= 4 is 71.6 Å². The van der Waals surface area contributed by atoms with E-state index in [1.54, 1.807) is 0 Å². The number of benzene rings is 9. The summed E-state index contributed by atoms with van der Waals surface area (Å²) in [5.74, 6) is 0. The smallest absolute Gasteiger partial charge is 0.136 e. The predicted molar refractivity (Wildman–Crippen MR) is 231 cm³/mol. The summed E-state index contributed by atoms with van der Waals surface area (Å²) in [7, 11) is 0. The van der Waals surface area contributed by atoms with Gasteiger partial charge in [-0.2, -0.15) is 0 Å². The molecule has 0 spiro atoms. The normalized spacial score (nSPS) is 11.6. The van der Waals surface area contributed by atoms with Crippen LogP contribution in [0.25, 0.3) is 82.5 Å². The Hall–Kier alpha value is -7.36. The van der Waals surface area contributed by atoms with Gasteiger partial charge < -0.3 is 13.9 Å². The van der Waals surface area contributed by atoms with E-state index in [0.29, 0.717) is 0 Å². The molecule has 55 heavy (non-hydrogen) atoms. The third-order valence-corrected chi connectivity index (χ3v) is 11.0. The molecule has 0 saturated carbocycles. The highest BCUT2D eigenvalue weighted by atomic mass is 16.3. The number of hydrogen-bond acceptors (Lipinski definition) is 2. The molecule has 0 bridgehead atoms. The third-order valence-electron chi connectivity index (χ3n) is 11.0. The predicted octanol–water partition coefficient (Wildman–Crippen LogP) is 14.6. The summed E-state index contributed by atoms with van der Waals surface area (Å²) in [5.41, 5.74) is 13.3. The van der Waals surface area contributed by atoms with Crippen LogP contribution in [0.15, 0.2) is 211 Å². The zero-order chi connectivity index (χ0) is 36.3. The van der Waals surface area contributed by atoms with E-state index in [9.17, 15) is 0 Å². The van der Waals surface area contributed by atoms with Gasteiger partial charge in [-0.25, -0.2) is 0 Å². The minimum Gasteiger partial charge on any atom is -0.456 e. The minimum atomic E-state index is 0.912. The van der Waals surface area contributed by atoms with Gasteiger partial charge in [-0.15, -0.1) is 0 Å². The van der Waals surface area contributed by atoms with Crippen LogP contribution >= 0.6 is 0 Å². The Labute approximate surface area is 318 Å². The summed E-state index contributed by atoms with van der Waals surface area (Å²) in [6.07, 6.45) is 0. The largest absolute Gasteiger partial charge is 0.456 e. The van der Waals surface area contributed by atoms with Crippen molar-refractivity contribution < 1.29 is 4.42 Å². The van der Waals surface area contributed by atoms with Crippen molar-refractivity contribution in [2.24, 2.45) is 0 Å². The summed E-state index contributed by atoms with van der Waals surface area (Å²) >= 11 is 0. The molecule has 2 heterocycles. The average Bonchev–Trinajstić information content (AvgIpc) is 3.80. The van der Waals surface area contributed by atoms with Gasteiger partial charge in [0.25, 0.3) is 0 Å². The second kappa shape index (κ2) is 12.6. The number of aromatic nitrogens is 1. The van der Waals surface area contributed by atoms with E-state index < -0.39 is 0 Å². The highest BCUT2D eigenvalue weighted by Crippen LogP contribution is 2.41. The van der Waals surface area contributed by atoms with Crippen LogP contribution in [0.4, 0.5) is 17.1 Å². The average molecular weight is 703 g/mol. The van der Waals surface area contributed by atoms with Gasteiger partial charge in [0.05, 0.1) is 11.0 Å². The lowest BCUT2D eigenvalue weighted by Crippen LogP contribution is -2.10. The van der Waals surface area contributed by atoms with Crippen molar-refractivity contribution in [3.63, 3.8) is 0 Å². The number of furan rings is 1. The summed E-state index contributed by atoms with van der Waals surface area (Å²) in [6, 6.07) is 74.0. The molecule has 3 heteroatoms. The van der Waals surface area contributed by atoms with E-state index in [0.717, 1.165) is 44.7 Å². The molecule has 9 aromatic carbocycles. The lowest BCUT2D eigenvalue weighted by molar-refractivity contribution is 0.669. The van der Waals surface area contributed by atoms with E-state index in [1.165, 1.54) is 54.8 Å². The summed E-state index contributed by atoms with van der Waals surface area (Å²) < 4.78 is 8.56. The van der Waals surface area contributed by atoms with Crippen molar-refractivity contribution in [3.05, 3.63) is 206 Å². The standard InChI is InChI=1S/C52H34N2O/c1-2-12-39-33-43(32-29-35(39)11-1)53(41-13-9-14-42(34-41)54-48-19-6-3-15-45(48)46-16-4-7-20-49(46)54)40-30-27-37(28-31-40)36-23-25-38(26-24-36)44-18-10-22-51-52(44)47-17-5-8-21-50(47)55-51/h1-34H. The van der Waals surface area contributed by atoms with Gasteiger partial charge in [-0.05, 0) is 99.8 Å². The topological polar surface area (TPSA) is 21.3 Å². The number of rotatable bonds is 6. The maximum absolute atomic E-state index is 6.18. The molecule has 0 amide bonds. The zero-order valence-corrected chi connectivity index (χ0v) is 29.9. The number of fused-ring (bicyclic) bond motifs is 7. The van der Waals surface area contributed by atoms with Crippen molar-refractivity contribution in [1.29, 1.82) is 0 Å². The highest BCUT2D eigenvalue weighted by molar-refractivity contribution is 6.12. The number of anilines is 3. The first-order valence-electron chi connectivity index (χ1n) is 18.8. The van der Waals surface area contributed by atoms with Crippen molar-refractivity contribution in [1.82, 2.24) is 4.57 Å². The molecule has 258 valence electrons. The van der Waals surface area contributed by atoms with Gasteiger partial charge in [0.2, 0.25) is 0 Å². The fraction of sp³-hybridized carbons (Fsp3) is 0. The fourth-order valence-corrected chi connectivity index (χ4v) is 8.40. The molecular weight excluding hydrogens is 669 g/mol. The molecule has 0 atom stereocenters. The molecule has 2 aromatic heterocycles. The lowest BCUT2D eigenvalue weighted by atomic mass is 9.97. The van der Waals surface area contributed by atoms with E-state index >= 15 is 0 Å². The van der Waals surface area contributed by atoms with Crippen LogP contribution in [-0.2, 0) is 0 Å². The first-order valence-corrected chi connectivity index (χ1v) is 18.8. The Morgan fingerprint density at radius 2 is 0.927 bits per heavy atom.